The van der Waals surface area contributed by atoms with Crippen molar-refractivity contribution in [1.82, 2.24) is 0 Å². The van der Waals surface area contributed by atoms with E-state index < -0.39 is 12.6 Å². The van der Waals surface area contributed by atoms with Crippen LogP contribution in [-0.4, -0.2) is 18.9 Å². The molecule has 1 aromatic carbocycles. The highest BCUT2D eigenvalue weighted by molar-refractivity contribution is 5.81. The molecule has 108 valence electrons. The van der Waals surface area contributed by atoms with Gasteiger partial charge in [0.15, 0.2) is 17.8 Å². The average molecular weight is 278 g/mol. The van der Waals surface area contributed by atoms with E-state index in [1.807, 2.05) is 0 Å². The molecule has 2 atom stereocenters. The van der Waals surface area contributed by atoms with Gasteiger partial charge in [-0.1, -0.05) is 19.2 Å². The smallest absolute Gasteiger partial charge is 0.237 e. The summed E-state index contributed by atoms with van der Waals surface area (Å²) in [6, 6.07) is 4.98. The summed E-state index contributed by atoms with van der Waals surface area (Å²) in [5.74, 6) is 0.667. The Morgan fingerprint density at radius 3 is 2.20 bits per heavy atom. The van der Waals surface area contributed by atoms with Crippen LogP contribution in [0.3, 0.4) is 0 Å². The van der Waals surface area contributed by atoms with Crippen LogP contribution in [0.4, 0.5) is 0 Å². The molecule has 0 bridgehead atoms. The van der Waals surface area contributed by atoms with Gasteiger partial charge in [-0.3, -0.25) is 4.79 Å². The highest BCUT2D eigenvalue weighted by atomic mass is 16.7. The first kappa shape index (κ1) is 15.6. The van der Waals surface area contributed by atoms with Crippen molar-refractivity contribution in [2.24, 2.45) is 0 Å². The lowest BCUT2D eigenvalue weighted by Crippen LogP contribution is -2.18. The SMILES string of the molecule is C=COC(C)Oc1cccc(C=O)c1OC(C)OC=C. The minimum atomic E-state index is -0.605. The topological polar surface area (TPSA) is 54.0 Å². The van der Waals surface area contributed by atoms with Gasteiger partial charge in [-0.15, -0.1) is 0 Å². The van der Waals surface area contributed by atoms with Crippen molar-refractivity contribution < 1.29 is 23.7 Å². The second-order valence-corrected chi connectivity index (χ2v) is 3.77. The Balaban J connectivity index is 3.00. The molecule has 0 radical (unpaired) electrons. The zero-order valence-electron chi connectivity index (χ0n) is 11.6. The third kappa shape index (κ3) is 4.35. The molecule has 0 N–H and O–H groups in total. The zero-order chi connectivity index (χ0) is 15.0. The maximum atomic E-state index is 11.1. The van der Waals surface area contributed by atoms with Crippen LogP contribution < -0.4 is 9.47 Å². The van der Waals surface area contributed by atoms with Crippen LogP contribution in [0, 0.1) is 0 Å². The highest BCUT2D eigenvalue weighted by Crippen LogP contribution is 2.32. The highest BCUT2D eigenvalue weighted by Gasteiger charge is 2.16. The largest absolute Gasteiger partial charge is 0.463 e. The summed E-state index contributed by atoms with van der Waals surface area (Å²) in [5, 5.41) is 0. The third-order valence-electron chi connectivity index (χ3n) is 2.29. The summed E-state index contributed by atoms with van der Waals surface area (Å²) >= 11 is 0. The van der Waals surface area contributed by atoms with Crippen molar-refractivity contribution in [3.05, 3.63) is 49.4 Å². The summed E-state index contributed by atoms with van der Waals surface area (Å²) < 4.78 is 21.3. The van der Waals surface area contributed by atoms with Crippen LogP contribution in [0.25, 0.3) is 0 Å². The third-order valence-corrected chi connectivity index (χ3v) is 2.29. The number of carbonyl (C=O) groups excluding carboxylic acids is 1. The molecule has 2 unspecified atom stereocenters. The normalized spacial score (nSPS) is 12.7. The second-order valence-electron chi connectivity index (χ2n) is 3.77. The van der Waals surface area contributed by atoms with Crippen LogP contribution in [0.15, 0.2) is 43.9 Å². The van der Waals surface area contributed by atoms with E-state index in [0.29, 0.717) is 17.6 Å². The number of hydrogen-bond acceptors (Lipinski definition) is 5. The van der Waals surface area contributed by atoms with Crippen molar-refractivity contribution in [2.45, 2.75) is 26.4 Å². The van der Waals surface area contributed by atoms with Crippen molar-refractivity contribution >= 4 is 6.29 Å². The van der Waals surface area contributed by atoms with Crippen LogP contribution in [0.1, 0.15) is 24.2 Å². The number of benzene rings is 1. The Morgan fingerprint density at radius 1 is 1.05 bits per heavy atom. The fraction of sp³-hybridized carbons (Fsp3) is 0.267. The summed E-state index contributed by atoms with van der Waals surface area (Å²) in [6.45, 7) is 10.3. The number of aldehydes is 1. The van der Waals surface area contributed by atoms with E-state index in [9.17, 15) is 4.79 Å². The minimum Gasteiger partial charge on any atom is -0.463 e. The predicted molar refractivity (Wildman–Crippen MR) is 74.6 cm³/mol. The molecule has 0 saturated carbocycles. The van der Waals surface area contributed by atoms with E-state index in [1.165, 1.54) is 12.5 Å². The number of carbonyl (C=O) groups is 1. The van der Waals surface area contributed by atoms with Gasteiger partial charge >= 0.3 is 0 Å². The van der Waals surface area contributed by atoms with Crippen LogP contribution in [0.2, 0.25) is 0 Å². The van der Waals surface area contributed by atoms with E-state index in [2.05, 4.69) is 13.2 Å². The van der Waals surface area contributed by atoms with Crippen molar-refractivity contribution in [3.8, 4) is 11.5 Å². The molecule has 5 heteroatoms. The molecule has 1 aromatic rings. The first-order chi connectivity index (χ1) is 9.62. The molecular weight excluding hydrogens is 260 g/mol. The predicted octanol–water partition coefficient (Wildman–Crippen LogP) is 3.27. The van der Waals surface area contributed by atoms with Gasteiger partial charge in [-0.05, 0) is 12.1 Å². The Bertz CT molecular complexity index is 469. The molecule has 0 aliphatic rings. The van der Waals surface area contributed by atoms with E-state index in [0.717, 1.165) is 0 Å². The van der Waals surface area contributed by atoms with Gasteiger partial charge < -0.3 is 18.9 Å². The minimum absolute atomic E-state index is 0.288. The molecule has 0 fully saturated rings. The van der Waals surface area contributed by atoms with E-state index in [4.69, 9.17) is 18.9 Å². The molecule has 0 aliphatic carbocycles. The van der Waals surface area contributed by atoms with Gasteiger partial charge in [0, 0.05) is 13.8 Å². The van der Waals surface area contributed by atoms with Crippen molar-refractivity contribution in [1.29, 1.82) is 0 Å². The first-order valence-corrected chi connectivity index (χ1v) is 6.06. The average Bonchev–Trinajstić information content (AvgIpc) is 2.41. The first-order valence-electron chi connectivity index (χ1n) is 6.06. The number of hydrogen-bond donors (Lipinski definition) is 0. The Labute approximate surface area is 118 Å². The molecule has 0 aromatic heterocycles. The second kappa shape index (κ2) is 7.89. The van der Waals surface area contributed by atoms with E-state index >= 15 is 0 Å². The van der Waals surface area contributed by atoms with Crippen LogP contribution >= 0.6 is 0 Å². The maximum Gasteiger partial charge on any atom is 0.237 e. The molecule has 20 heavy (non-hydrogen) atoms. The Hall–Kier alpha value is -2.43. The molecule has 0 saturated heterocycles. The van der Waals surface area contributed by atoms with Gasteiger partial charge in [0.1, 0.15) is 0 Å². The quantitative estimate of drug-likeness (QED) is 0.394. The number of ether oxygens (including phenoxy) is 4. The summed E-state index contributed by atoms with van der Waals surface area (Å²) in [4.78, 5) is 11.1. The van der Waals surface area contributed by atoms with Crippen molar-refractivity contribution in [3.63, 3.8) is 0 Å². The maximum absolute atomic E-state index is 11.1. The lowest BCUT2D eigenvalue weighted by atomic mass is 10.2. The van der Waals surface area contributed by atoms with E-state index in [1.54, 1.807) is 32.0 Å². The summed E-state index contributed by atoms with van der Waals surface area (Å²) in [5.41, 5.74) is 0.354. The molecule has 0 spiro atoms. The van der Waals surface area contributed by atoms with Crippen LogP contribution in [-0.2, 0) is 9.47 Å². The monoisotopic (exact) mass is 278 g/mol. The van der Waals surface area contributed by atoms with Gasteiger partial charge in [0.2, 0.25) is 12.6 Å². The lowest BCUT2D eigenvalue weighted by molar-refractivity contribution is -0.0324. The Morgan fingerprint density at radius 2 is 1.65 bits per heavy atom. The molecule has 0 aliphatic heterocycles. The molecule has 0 amide bonds. The zero-order valence-corrected chi connectivity index (χ0v) is 11.6. The van der Waals surface area contributed by atoms with Crippen LogP contribution in [0.5, 0.6) is 11.5 Å². The summed E-state index contributed by atoms with van der Waals surface area (Å²) in [7, 11) is 0. The molecule has 0 heterocycles. The number of para-hydroxylation sites is 1. The number of rotatable bonds is 9. The van der Waals surface area contributed by atoms with Crippen molar-refractivity contribution in [2.75, 3.05) is 0 Å². The fourth-order valence-corrected chi connectivity index (χ4v) is 1.52. The van der Waals surface area contributed by atoms with Gasteiger partial charge in [0.05, 0.1) is 18.1 Å². The molecule has 1 rings (SSSR count). The van der Waals surface area contributed by atoms with E-state index in [-0.39, 0.29) is 5.75 Å². The van der Waals surface area contributed by atoms with Gasteiger partial charge in [0.25, 0.3) is 0 Å². The summed E-state index contributed by atoms with van der Waals surface area (Å²) in [6.07, 6.45) is 2.05. The molecule has 5 nitrogen and oxygen atoms in total. The molecular formula is C15H18O5. The standard InChI is InChI=1S/C15H18O5/c1-5-17-11(3)19-14-9-7-8-13(10-16)15(14)20-12(4)18-6-2/h5-12H,1-2H2,3-4H3. The fourth-order valence-electron chi connectivity index (χ4n) is 1.52. The van der Waals surface area contributed by atoms with Gasteiger partial charge in [-0.25, -0.2) is 0 Å². The Kier molecular flexibility index (Phi) is 6.16. The lowest BCUT2D eigenvalue weighted by Gasteiger charge is -2.20. The van der Waals surface area contributed by atoms with Gasteiger partial charge in [-0.2, -0.15) is 0 Å².